The van der Waals surface area contributed by atoms with Crippen molar-refractivity contribution in [1.29, 1.82) is 0 Å². The third-order valence-electron chi connectivity index (χ3n) is 4.78. The van der Waals surface area contributed by atoms with Gasteiger partial charge in [-0.25, -0.2) is 8.42 Å². The number of benzene rings is 2. The number of nitrogens with zero attached hydrogens (tertiary/aromatic N) is 1. The molecular weight excluding hydrogens is 516 g/mol. The van der Waals surface area contributed by atoms with Crippen LogP contribution in [0.25, 0.3) is 12.2 Å². The topological polar surface area (TPSA) is 63.7 Å². The summed E-state index contributed by atoms with van der Waals surface area (Å²) in [5, 5.41) is 1.43. The minimum atomic E-state index is -3.67. The van der Waals surface area contributed by atoms with Crippen LogP contribution in [-0.4, -0.2) is 51.1 Å². The Morgan fingerprint density at radius 1 is 0.875 bits per heavy atom. The van der Waals surface area contributed by atoms with E-state index in [4.69, 9.17) is 51.1 Å². The Bertz CT molecular complexity index is 1130. The van der Waals surface area contributed by atoms with E-state index in [9.17, 15) is 13.2 Å². The van der Waals surface area contributed by atoms with Gasteiger partial charge in [0.2, 0.25) is 10.0 Å². The molecule has 0 amide bonds. The van der Waals surface area contributed by atoms with Gasteiger partial charge in [0, 0.05) is 31.3 Å². The lowest BCUT2D eigenvalue weighted by atomic mass is 9.95. The summed E-state index contributed by atoms with van der Waals surface area (Å²) in [6.07, 6.45) is 3.23. The van der Waals surface area contributed by atoms with E-state index < -0.39 is 10.0 Å². The number of carbonyl (C=O) groups excluding carboxylic acids is 1. The number of ketones is 1. The molecular formula is C22H19Cl4NO4S. The second-order valence-corrected chi connectivity index (χ2v) is 10.8. The fourth-order valence-electron chi connectivity index (χ4n) is 3.13. The number of methoxy groups -OCH3 is 1. The lowest BCUT2D eigenvalue weighted by Crippen LogP contribution is -2.43. The molecule has 1 aliphatic rings. The molecule has 3 rings (SSSR count). The molecule has 2 aromatic rings. The Morgan fingerprint density at radius 2 is 1.34 bits per heavy atom. The third-order valence-corrected chi connectivity index (χ3v) is 7.99. The Kier molecular flexibility index (Phi) is 8.44. The molecule has 0 bridgehead atoms. The van der Waals surface area contributed by atoms with Crippen molar-refractivity contribution in [3.8, 4) is 0 Å². The minimum Gasteiger partial charge on any atom is -0.384 e. The SMILES string of the molecule is COCCS(=O)(=O)N1C/C(=C/c2ccc(Cl)c(Cl)c2)C(=O)/C(=C/c2ccc(Cl)c(Cl)c2)C1. The van der Waals surface area contributed by atoms with E-state index in [0.717, 1.165) is 0 Å². The summed E-state index contributed by atoms with van der Waals surface area (Å²) >= 11 is 24.1. The summed E-state index contributed by atoms with van der Waals surface area (Å²) < 4.78 is 31.9. The van der Waals surface area contributed by atoms with E-state index in [-0.39, 0.29) is 31.2 Å². The van der Waals surface area contributed by atoms with E-state index >= 15 is 0 Å². The van der Waals surface area contributed by atoms with E-state index in [1.807, 2.05) is 0 Å². The molecule has 0 spiro atoms. The van der Waals surface area contributed by atoms with Crippen LogP contribution in [0.4, 0.5) is 0 Å². The minimum absolute atomic E-state index is 0.0461. The lowest BCUT2D eigenvalue weighted by molar-refractivity contribution is -0.113. The Labute approximate surface area is 207 Å². The fourth-order valence-corrected chi connectivity index (χ4v) is 5.05. The second kappa shape index (κ2) is 10.7. The normalized spacial score (nSPS) is 18.0. The predicted molar refractivity (Wildman–Crippen MR) is 131 cm³/mol. The number of carbonyl (C=O) groups is 1. The van der Waals surface area contributed by atoms with Crippen molar-refractivity contribution < 1.29 is 17.9 Å². The van der Waals surface area contributed by atoms with Crippen LogP contribution >= 0.6 is 46.4 Å². The summed E-state index contributed by atoms with van der Waals surface area (Å²) in [5.41, 5.74) is 1.88. The standard InChI is InChI=1S/C22H19Cl4NO4S/c1-31-6-7-32(29,30)27-12-16(8-14-2-4-18(23)20(25)10-14)22(28)17(13-27)9-15-3-5-19(24)21(26)11-15/h2-5,8-11H,6-7,12-13H2,1H3/b16-8-,17-9+. The first kappa shape index (κ1) is 25.2. The number of Topliss-reactive ketones (excluding diaryl/α,β-unsaturated/α-hetero) is 1. The molecule has 10 heteroatoms. The van der Waals surface area contributed by atoms with E-state index in [1.165, 1.54) is 11.4 Å². The fraction of sp³-hybridized carbons (Fsp3) is 0.227. The first-order valence-corrected chi connectivity index (χ1v) is 12.6. The highest BCUT2D eigenvalue weighted by atomic mass is 35.5. The van der Waals surface area contributed by atoms with Gasteiger partial charge in [-0.05, 0) is 47.5 Å². The van der Waals surface area contributed by atoms with Crippen molar-refractivity contribution >= 4 is 74.4 Å². The maximum atomic E-state index is 13.2. The van der Waals surface area contributed by atoms with Gasteiger partial charge in [0.1, 0.15) is 0 Å². The summed E-state index contributed by atoms with van der Waals surface area (Å²) in [7, 11) is -2.24. The molecule has 0 radical (unpaired) electrons. The van der Waals surface area contributed by atoms with Crippen molar-refractivity contribution in [2.24, 2.45) is 0 Å². The van der Waals surface area contributed by atoms with Gasteiger partial charge >= 0.3 is 0 Å². The Morgan fingerprint density at radius 3 is 1.75 bits per heavy atom. The monoisotopic (exact) mass is 533 g/mol. The van der Waals surface area contributed by atoms with Crippen LogP contribution in [0, 0.1) is 0 Å². The summed E-state index contributed by atoms with van der Waals surface area (Å²) in [6.45, 7) is -0.0852. The van der Waals surface area contributed by atoms with Gasteiger partial charge in [0.15, 0.2) is 5.78 Å². The molecule has 1 fully saturated rings. The van der Waals surface area contributed by atoms with Gasteiger partial charge in [-0.1, -0.05) is 58.5 Å². The average molecular weight is 535 g/mol. The van der Waals surface area contributed by atoms with Crippen molar-refractivity contribution in [3.05, 3.63) is 78.8 Å². The lowest BCUT2D eigenvalue weighted by Gasteiger charge is -2.29. The highest BCUT2D eigenvalue weighted by Gasteiger charge is 2.33. The van der Waals surface area contributed by atoms with Gasteiger partial charge in [-0.15, -0.1) is 0 Å². The van der Waals surface area contributed by atoms with Gasteiger partial charge in [0.25, 0.3) is 0 Å². The second-order valence-electron chi connectivity index (χ2n) is 7.09. The molecule has 1 saturated heterocycles. The first-order chi connectivity index (χ1) is 15.1. The zero-order valence-corrected chi connectivity index (χ0v) is 20.8. The number of rotatable bonds is 6. The van der Waals surface area contributed by atoms with Crippen LogP contribution in [0.1, 0.15) is 11.1 Å². The van der Waals surface area contributed by atoms with Crippen LogP contribution < -0.4 is 0 Å². The summed E-state index contributed by atoms with van der Waals surface area (Å²) in [5.74, 6) is -0.460. The molecule has 1 aliphatic heterocycles. The highest BCUT2D eigenvalue weighted by Crippen LogP contribution is 2.29. The first-order valence-electron chi connectivity index (χ1n) is 9.43. The van der Waals surface area contributed by atoms with Crippen molar-refractivity contribution in [2.75, 3.05) is 32.6 Å². The average Bonchev–Trinajstić information content (AvgIpc) is 2.74. The van der Waals surface area contributed by atoms with Gasteiger partial charge < -0.3 is 4.74 Å². The van der Waals surface area contributed by atoms with E-state index in [2.05, 4.69) is 0 Å². The maximum Gasteiger partial charge on any atom is 0.216 e. The van der Waals surface area contributed by atoms with Gasteiger partial charge in [0.05, 0.1) is 32.5 Å². The molecule has 2 aromatic carbocycles. The maximum absolute atomic E-state index is 13.2. The van der Waals surface area contributed by atoms with Gasteiger partial charge in [-0.3, -0.25) is 4.79 Å². The molecule has 0 aliphatic carbocycles. The molecule has 170 valence electrons. The molecule has 32 heavy (non-hydrogen) atoms. The van der Waals surface area contributed by atoms with Crippen molar-refractivity contribution in [2.45, 2.75) is 0 Å². The van der Waals surface area contributed by atoms with Crippen LogP contribution in [-0.2, 0) is 19.6 Å². The van der Waals surface area contributed by atoms with Gasteiger partial charge in [-0.2, -0.15) is 4.31 Å². The zero-order valence-electron chi connectivity index (χ0n) is 16.9. The molecule has 0 unspecified atom stereocenters. The molecule has 0 atom stereocenters. The molecule has 0 saturated carbocycles. The highest BCUT2D eigenvalue weighted by molar-refractivity contribution is 7.89. The third kappa shape index (κ3) is 6.14. The zero-order chi connectivity index (χ0) is 23.5. The smallest absolute Gasteiger partial charge is 0.216 e. The molecule has 0 aromatic heterocycles. The number of piperidine rings is 1. The van der Waals surface area contributed by atoms with Crippen LogP contribution in [0.15, 0.2) is 47.5 Å². The Balaban J connectivity index is 2.04. The van der Waals surface area contributed by atoms with Crippen molar-refractivity contribution in [1.82, 2.24) is 4.31 Å². The predicted octanol–water partition coefficient (Wildman–Crippen LogP) is 5.63. The summed E-state index contributed by atoms with van der Waals surface area (Å²) in [4.78, 5) is 13.2. The number of ether oxygens (including phenoxy) is 1. The molecule has 5 nitrogen and oxygen atoms in total. The molecule has 1 heterocycles. The largest absolute Gasteiger partial charge is 0.384 e. The van der Waals surface area contributed by atoms with Crippen LogP contribution in [0.3, 0.4) is 0 Å². The van der Waals surface area contributed by atoms with Crippen molar-refractivity contribution in [3.63, 3.8) is 0 Å². The van der Waals surface area contributed by atoms with Crippen LogP contribution in [0.2, 0.25) is 20.1 Å². The van der Waals surface area contributed by atoms with Crippen LogP contribution in [0.5, 0.6) is 0 Å². The van der Waals surface area contributed by atoms with E-state index in [1.54, 1.807) is 48.6 Å². The number of hydrogen-bond donors (Lipinski definition) is 0. The Hall–Kier alpha value is -1.38. The number of sulfonamides is 1. The number of halogens is 4. The van der Waals surface area contributed by atoms with E-state index in [0.29, 0.717) is 42.4 Å². The molecule has 0 N–H and O–H groups in total. The summed E-state index contributed by atoms with van der Waals surface area (Å²) in [6, 6.07) is 9.87. The quantitative estimate of drug-likeness (QED) is 0.450. The number of hydrogen-bond acceptors (Lipinski definition) is 4.